The molecule has 7 heteroatoms. The van der Waals surface area contributed by atoms with Crippen molar-refractivity contribution >= 4 is 30.0 Å². The van der Waals surface area contributed by atoms with Crippen molar-refractivity contribution in [3.05, 3.63) is 29.3 Å². The van der Waals surface area contributed by atoms with E-state index in [4.69, 9.17) is 4.74 Å². The lowest BCUT2D eigenvalue weighted by Crippen LogP contribution is -2.41. The number of fused-ring (bicyclic) bond motifs is 1. The number of carbonyl (C=O) groups excluding carboxylic acids is 2. The van der Waals surface area contributed by atoms with Crippen LogP contribution in [0.1, 0.15) is 30.9 Å². The van der Waals surface area contributed by atoms with E-state index in [1.165, 1.54) is 16.8 Å². The van der Waals surface area contributed by atoms with Crippen LogP contribution in [0.25, 0.3) is 0 Å². The summed E-state index contributed by atoms with van der Waals surface area (Å²) in [6.07, 6.45) is 2.76. The Morgan fingerprint density at radius 1 is 1.31 bits per heavy atom. The maximum absolute atomic E-state index is 12.2. The molecule has 2 aliphatic rings. The zero-order valence-corrected chi connectivity index (χ0v) is 16.1. The van der Waals surface area contributed by atoms with Crippen LogP contribution >= 0.6 is 12.4 Å². The summed E-state index contributed by atoms with van der Waals surface area (Å²) in [5.41, 5.74) is 4.06. The van der Waals surface area contributed by atoms with Gasteiger partial charge < -0.3 is 15.4 Å². The highest BCUT2D eigenvalue weighted by Gasteiger charge is 2.26. The zero-order valence-electron chi connectivity index (χ0n) is 15.3. The summed E-state index contributed by atoms with van der Waals surface area (Å²) < 4.78 is 4.83. The minimum absolute atomic E-state index is 0. The number of carbonyl (C=O) groups is 2. The van der Waals surface area contributed by atoms with E-state index < -0.39 is 0 Å². The van der Waals surface area contributed by atoms with Crippen molar-refractivity contribution in [2.45, 2.75) is 32.7 Å². The van der Waals surface area contributed by atoms with E-state index in [9.17, 15) is 9.59 Å². The minimum Gasteiger partial charge on any atom is -0.465 e. The Labute approximate surface area is 161 Å². The number of piperidine rings is 1. The number of hydrogen-bond acceptors (Lipinski definition) is 5. The fraction of sp³-hybridized carbons (Fsp3) is 0.579. The minimum atomic E-state index is -0.376. The molecular formula is C19H28ClN3O3. The maximum Gasteiger partial charge on any atom is 0.325 e. The number of ether oxygens (including phenoxy) is 1. The third-order valence-corrected chi connectivity index (χ3v) is 5.00. The van der Waals surface area contributed by atoms with Gasteiger partial charge >= 0.3 is 5.97 Å². The second kappa shape index (κ2) is 9.78. The van der Waals surface area contributed by atoms with Gasteiger partial charge in [-0.3, -0.25) is 14.5 Å². The lowest BCUT2D eigenvalue weighted by molar-refractivity contribution is -0.144. The van der Waals surface area contributed by atoms with E-state index >= 15 is 0 Å². The van der Waals surface area contributed by atoms with Crippen molar-refractivity contribution in [2.24, 2.45) is 5.92 Å². The van der Waals surface area contributed by atoms with E-state index in [2.05, 4.69) is 33.7 Å². The number of hydrogen-bond donors (Lipinski definition) is 2. The molecule has 3 rings (SSSR count). The summed E-state index contributed by atoms with van der Waals surface area (Å²) in [5.74, 6) is -0.418. The van der Waals surface area contributed by atoms with Gasteiger partial charge in [0, 0.05) is 24.7 Å². The number of amides is 1. The fourth-order valence-corrected chi connectivity index (χ4v) is 3.65. The lowest BCUT2D eigenvalue weighted by atomic mass is 9.95. The molecule has 26 heavy (non-hydrogen) atoms. The van der Waals surface area contributed by atoms with Crippen LogP contribution in [0.2, 0.25) is 0 Å². The molecule has 1 aromatic rings. The molecule has 2 N–H and O–H groups in total. The first-order chi connectivity index (χ1) is 12.2. The van der Waals surface area contributed by atoms with E-state index in [1.54, 1.807) is 6.92 Å². The third-order valence-electron chi connectivity index (χ3n) is 5.00. The number of para-hydroxylation sites is 1. The largest absolute Gasteiger partial charge is 0.465 e. The molecule has 0 aromatic heterocycles. The van der Waals surface area contributed by atoms with Crippen molar-refractivity contribution in [1.29, 1.82) is 0 Å². The average Bonchev–Trinajstić information content (AvgIpc) is 3.10. The Morgan fingerprint density at radius 3 is 2.81 bits per heavy atom. The molecule has 0 bridgehead atoms. The van der Waals surface area contributed by atoms with Gasteiger partial charge in [-0.25, -0.2) is 0 Å². The van der Waals surface area contributed by atoms with Gasteiger partial charge in [0.1, 0.15) is 6.54 Å². The van der Waals surface area contributed by atoms with Gasteiger partial charge in [0.2, 0.25) is 5.91 Å². The van der Waals surface area contributed by atoms with Gasteiger partial charge in [0.05, 0.1) is 6.61 Å². The van der Waals surface area contributed by atoms with Crippen molar-refractivity contribution in [3.8, 4) is 0 Å². The zero-order chi connectivity index (χ0) is 17.6. The molecule has 1 saturated heterocycles. The number of nitrogens with zero attached hydrogens (tertiary/aromatic N) is 1. The normalized spacial score (nSPS) is 17.0. The van der Waals surface area contributed by atoms with Crippen molar-refractivity contribution in [3.63, 3.8) is 0 Å². The van der Waals surface area contributed by atoms with Crippen LogP contribution in [0.3, 0.4) is 0 Å². The molecule has 0 radical (unpaired) electrons. The number of nitrogens with one attached hydrogen (secondary N) is 2. The van der Waals surface area contributed by atoms with Gasteiger partial charge in [0.25, 0.3) is 0 Å². The summed E-state index contributed by atoms with van der Waals surface area (Å²) in [6.45, 7) is 5.82. The Morgan fingerprint density at radius 2 is 2.08 bits per heavy atom. The van der Waals surface area contributed by atoms with Gasteiger partial charge in [-0.15, -0.1) is 12.4 Å². The second-order valence-electron chi connectivity index (χ2n) is 6.70. The average molecular weight is 382 g/mol. The summed E-state index contributed by atoms with van der Waals surface area (Å²) in [5, 5.41) is 6.18. The van der Waals surface area contributed by atoms with Gasteiger partial charge in [-0.05, 0) is 50.4 Å². The van der Waals surface area contributed by atoms with E-state index in [0.29, 0.717) is 6.61 Å². The van der Waals surface area contributed by atoms with Crippen LogP contribution in [-0.2, 0) is 27.3 Å². The topological polar surface area (TPSA) is 70.7 Å². The highest BCUT2D eigenvalue weighted by molar-refractivity contribution is 5.85. The first-order valence-corrected chi connectivity index (χ1v) is 9.17. The maximum atomic E-state index is 12.2. The number of rotatable bonds is 6. The smallest absolute Gasteiger partial charge is 0.325 e. The van der Waals surface area contributed by atoms with E-state index in [-0.39, 0.29) is 36.7 Å². The molecule has 2 aliphatic heterocycles. The Bertz CT molecular complexity index is 630. The standard InChI is InChI=1S/C19H27N3O3.ClH/c1-2-25-17(23)12-21-19(24)15-7-10-22(11-8-15)13-16-5-3-4-14-6-9-20-18(14)16;/h3-5,15,20H,2,6-13H2,1H3,(H,21,24);1H. The van der Waals surface area contributed by atoms with Crippen molar-refractivity contribution < 1.29 is 14.3 Å². The molecule has 2 heterocycles. The molecule has 1 fully saturated rings. The molecule has 6 nitrogen and oxygen atoms in total. The highest BCUT2D eigenvalue weighted by Crippen LogP contribution is 2.28. The number of anilines is 1. The quantitative estimate of drug-likeness (QED) is 0.737. The Balaban J connectivity index is 0.00000243. The van der Waals surface area contributed by atoms with Gasteiger partial charge in [-0.1, -0.05) is 18.2 Å². The predicted molar refractivity (Wildman–Crippen MR) is 104 cm³/mol. The first kappa shape index (κ1) is 20.5. The molecule has 0 spiro atoms. The van der Waals surface area contributed by atoms with E-state index in [1.807, 2.05) is 0 Å². The summed E-state index contributed by atoms with van der Waals surface area (Å²) in [7, 11) is 0. The molecule has 0 unspecified atom stereocenters. The van der Waals surface area contributed by atoms with Crippen LogP contribution in [-0.4, -0.2) is 49.6 Å². The molecule has 144 valence electrons. The SMILES string of the molecule is CCOC(=O)CNC(=O)C1CCN(Cc2cccc3c2NCC3)CC1.Cl. The number of esters is 1. The Hall–Kier alpha value is -1.79. The molecule has 0 atom stereocenters. The lowest BCUT2D eigenvalue weighted by Gasteiger charge is -2.31. The van der Waals surface area contributed by atoms with Crippen LogP contribution in [0, 0.1) is 5.92 Å². The number of halogens is 1. The van der Waals surface area contributed by atoms with Crippen LogP contribution in [0.5, 0.6) is 0 Å². The summed E-state index contributed by atoms with van der Waals surface area (Å²) >= 11 is 0. The highest BCUT2D eigenvalue weighted by atomic mass is 35.5. The summed E-state index contributed by atoms with van der Waals surface area (Å²) in [4.78, 5) is 25.9. The monoisotopic (exact) mass is 381 g/mol. The van der Waals surface area contributed by atoms with Gasteiger partial charge in [0.15, 0.2) is 0 Å². The fourth-order valence-electron chi connectivity index (χ4n) is 3.65. The van der Waals surface area contributed by atoms with Crippen molar-refractivity contribution in [1.82, 2.24) is 10.2 Å². The number of likely N-dealkylation sites (tertiary alicyclic amines) is 1. The third kappa shape index (κ3) is 5.11. The van der Waals surface area contributed by atoms with Crippen molar-refractivity contribution in [2.75, 3.05) is 38.1 Å². The first-order valence-electron chi connectivity index (χ1n) is 9.17. The van der Waals surface area contributed by atoms with Gasteiger partial charge in [-0.2, -0.15) is 0 Å². The Kier molecular flexibility index (Phi) is 7.72. The summed E-state index contributed by atoms with van der Waals surface area (Å²) in [6, 6.07) is 6.52. The van der Waals surface area contributed by atoms with Crippen LogP contribution in [0.15, 0.2) is 18.2 Å². The van der Waals surface area contributed by atoms with E-state index in [0.717, 1.165) is 45.4 Å². The molecule has 1 aromatic carbocycles. The van der Waals surface area contributed by atoms with Crippen LogP contribution < -0.4 is 10.6 Å². The predicted octanol–water partition coefficient (Wildman–Crippen LogP) is 1.97. The molecular weight excluding hydrogens is 354 g/mol. The van der Waals surface area contributed by atoms with Crippen LogP contribution in [0.4, 0.5) is 5.69 Å². The number of benzene rings is 1. The second-order valence-corrected chi connectivity index (χ2v) is 6.70. The molecule has 0 aliphatic carbocycles. The molecule has 1 amide bonds. The molecule has 0 saturated carbocycles.